The Morgan fingerprint density at radius 3 is 2.68 bits per heavy atom. The molecule has 11 heteroatoms. The minimum Gasteiger partial charge on any atom is -0.493 e. The van der Waals surface area contributed by atoms with Gasteiger partial charge in [0.15, 0.2) is 17.3 Å². The normalized spacial score (nSPS) is 10.8. The van der Waals surface area contributed by atoms with E-state index >= 15 is 0 Å². The van der Waals surface area contributed by atoms with Crippen molar-refractivity contribution in [3.63, 3.8) is 0 Å². The highest BCUT2D eigenvalue weighted by Gasteiger charge is 2.16. The Hall–Kier alpha value is -3.44. The van der Waals surface area contributed by atoms with Crippen LogP contribution in [0, 0.1) is 0 Å². The summed E-state index contributed by atoms with van der Waals surface area (Å²) in [6.07, 6.45) is 0.516. The molecule has 0 aliphatic heterocycles. The quantitative estimate of drug-likeness (QED) is 0.413. The summed E-state index contributed by atoms with van der Waals surface area (Å²) in [5.74, 6) is 0.184. The van der Waals surface area contributed by atoms with E-state index in [0.717, 1.165) is 15.5 Å². The molecule has 0 atom stereocenters. The molecule has 160 valence electrons. The summed E-state index contributed by atoms with van der Waals surface area (Å²) in [5, 5.41) is 13.7. The molecule has 0 saturated heterocycles. The predicted molar refractivity (Wildman–Crippen MR) is 119 cm³/mol. The van der Waals surface area contributed by atoms with Crippen LogP contribution < -0.4 is 20.1 Å². The predicted octanol–water partition coefficient (Wildman–Crippen LogP) is 2.83. The molecule has 4 aromatic rings. The van der Waals surface area contributed by atoms with Gasteiger partial charge >= 0.3 is 11.8 Å². The molecule has 9 nitrogen and oxygen atoms in total. The standard InChI is InChI=1S/C20H19N5O4S2/c1-28-14-6-5-12(10-15(14)29-2)22-19(27)18(26)21-8-7-13-11-31-20-23-17(24-25(13)20)16-4-3-9-30-16/h3-6,9-11H,7-8H2,1-2H3,(H,21,26)(H,22,27). The zero-order valence-electron chi connectivity index (χ0n) is 16.7. The van der Waals surface area contributed by atoms with Crippen LogP contribution in [0.2, 0.25) is 0 Å². The molecule has 4 rings (SSSR count). The lowest BCUT2D eigenvalue weighted by Crippen LogP contribution is -2.36. The summed E-state index contributed by atoms with van der Waals surface area (Å²) in [6, 6.07) is 8.79. The summed E-state index contributed by atoms with van der Waals surface area (Å²) in [7, 11) is 3.02. The first-order valence-electron chi connectivity index (χ1n) is 9.27. The van der Waals surface area contributed by atoms with E-state index < -0.39 is 11.8 Å². The van der Waals surface area contributed by atoms with Gasteiger partial charge in [0.05, 0.1) is 24.8 Å². The average molecular weight is 458 g/mol. The number of aromatic nitrogens is 3. The van der Waals surface area contributed by atoms with E-state index in [2.05, 4.69) is 20.7 Å². The number of amides is 2. The number of nitrogens with one attached hydrogen (secondary N) is 2. The van der Waals surface area contributed by atoms with Crippen LogP contribution in [0.15, 0.2) is 41.1 Å². The summed E-state index contributed by atoms with van der Waals surface area (Å²) < 4.78 is 12.1. The molecule has 0 aliphatic carbocycles. The fourth-order valence-electron chi connectivity index (χ4n) is 2.89. The van der Waals surface area contributed by atoms with Gasteiger partial charge in [0.25, 0.3) is 0 Å². The molecule has 2 amide bonds. The van der Waals surface area contributed by atoms with Gasteiger partial charge in [0, 0.05) is 30.1 Å². The Labute approximate surface area is 185 Å². The summed E-state index contributed by atoms with van der Waals surface area (Å²) in [6.45, 7) is 0.290. The van der Waals surface area contributed by atoms with E-state index in [1.54, 1.807) is 34.1 Å². The molecule has 1 aromatic carbocycles. The van der Waals surface area contributed by atoms with Gasteiger partial charge in [-0.25, -0.2) is 4.52 Å². The van der Waals surface area contributed by atoms with E-state index in [4.69, 9.17) is 9.47 Å². The Morgan fingerprint density at radius 2 is 1.94 bits per heavy atom. The van der Waals surface area contributed by atoms with Gasteiger partial charge in [0.1, 0.15) is 0 Å². The van der Waals surface area contributed by atoms with Crippen molar-refractivity contribution in [3.8, 4) is 22.2 Å². The van der Waals surface area contributed by atoms with Crippen LogP contribution in [-0.4, -0.2) is 47.2 Å². The number of hydrogen-bond donors (Lipinski definition) is 2. The van der Waals surface area contributed by atoms with Gasteiger partial charge in [-0.05, 0) is 23.6 Å². The average Bonchev–Trinajstić information content (AvgIpc) is 3.51. The molecule has 0 unspecified atom stereocenters. The molecule has 0 fully saturated rings. The molecule has 2 N–H and O–H groups in total. The first-order valence-corrected chi connectivity index (χ1v) is 11.0. The van der Waals surface area contributed by atoms with Crippen molar-refractivity contribution >= 4 is 45.1 Å². The van der Waals surface area contributed by atoms with Crippen molar-refractivity contribution in [1.82, 2.24) is 19.9 Å². The summed E-state index contributed by atoms with van der Waals surface area (Å²) >= 11 is 3.07. The summed E-state index contributed by atoms with van der Waals surface area (Å²) in [4.78, 5) is 30.7. The molecule has 0 saturated carbocycles. The Kier molecular flexibility index (Phi) is 6.14. The number of thiazole rings is 1. The lowest BCUT2D eigenvalue weighted by molar-refractivity contribution is -0.136. The highest BCUT2D eigenvalue weighted by Crippen LogP contribution is 2.29. The second-order valence-corrected chi connectivity index (χ2v) is 8.15. The third-order valence-corrected chi connectivity index (χ3v) is 6.14. The topological polar surface area (TPSA) is 107 Å². The Balaban J connectivity index is 1.33. The van der Waals surface area contributed by atoms with Crippen molar-refractivity contribution in [2.24, 2.45) is 0 Å². The largest absolute Gasteiger partial charge is 0.493 e. The van der Waals surface area contributed by atoms with Crippen molar-refractivity contribution < 1.29 is 19.1 Å². The maximum absolute atomic E-state index is 12.2. The number of carbonyl (C=O) groups excluding carboxylic acids is 2. The first kappa shape index (κ1) is 20.8. The van der Waals surface area contributed by atoms with Crippen LogP contribution in [-0.2, 0) is 16.0 Å². The highest BCUT2D eigenvalue weighted by atomic mass is 32.1. The molecule has 3 heterocycles. The van der Waals surface area contributed by atoms with Gasteiger partial charge in [0.2, 0.25) is 4.96 Å². The van der Waals surface area contributed by atoms with Crippen LogP contribution in [0.5, 0.6) is 11.5 Å². The Bertz CT molecular complexity index is 1220. The van der Waals surface area contributed by atoms with Gasteiger partial charge < -0.3 is 20.1 Å². The second kappa shape index (κ2) is 9.14. The van der Waals surface area contributed by atoms with Crippen LogP contribution in [0.1, 0.15) is 5.69 Å². The second-order valence-electron chi connectivity index (χ2n) is 6.36. The zero-order chi connectivity index (χ0) is 21.8. The number of methoxy groups -OCH3 is 2. The molecule has 0 aliphatic rings. The van der Waals surface area contributed by atoms with Crippen LogP contribution in [0.3, 0.4) is 0 Å². The maximum Gasteiger partial charge on any atom is 0.313 e. The fourth-order valence-corrected chi connectivity index (χ4v) is 4.40. The SMILES string of the molecule is COc1ccc(NC(=O)C(=O)NCCc2csc3nc(-c4cccs4)nn23)cc1OC. The minimum absolute atomic E-state index is 0.290. The zero-order valence-corrected chi connectivity index (χ0v) is 18.4. The monoisotopic (exact) mass is 457 g/mol. The third kappa shape index (κ3) is 4.52. The number of ether oxygens (including phenoxy) is 2. The number of rotatable bonds is 7. The van der Waals surface area contributed by atoms with E-state index in [9.17, 15) is 9.59 Å². The fraction of sp³-hybridized carbons (Fsp3) is 0.200. The highest BCUT2D eigenvalue weighted by molar-refractivity contribution is 7.15. The van der Waals surface area contributed by atoms with E-state index in [-0.39, 0.29) is 6.54 Å². The maximum atomic E-state index is 12.2. The number of benzene rings is 1. The number of anilines is 1. The van der Waals surface area contributed by atoms with Crippen LogP contribution in [0.25, 0.3) is 15.7 Å². The van der Waals surface area contributed by atoms with Gasteiger partial charge in [-0.2, -0.15) is 4.98 Å². The van der Waals surface area contributed by atoms with E-state index in [1.165, 1.54) is 25.6 Å². The van der Waals surface area contributed by atoms with Crippen molar-refractivity contribution in [1.29, 1.82) is 0 Å². The molecule has 0 radical (unpaired) electrons. The minimum atomic E-state index is -0.761. The number of fused-ring (bicyclic) bond motifs is 1. The smallest absolute Gasteiger partial charge is 0.313 e. The number of thiophene rings is 1. The lowest BCUT2D eigenvalue weighted by Gasteiger charge is -2.10. The van der Waals surface area contributed by atoms with E-state index in [1.807, 2.05) is 22.9 Å². The van der Waals surface area contributed by atoms with Gasteiger partial charge in [-0.15, -0.1) is 27.8 Å². The number of carbonyl (C=O) groups is 2. The molecule has 3 aromatic heterocycles. The first-order chi connectivity index (χ1) is 15.1. The van der Waals surface area contributed by atoms with Crippen molar-refractivity contribution in [3.05, 3.63) is 46.8 Å². The third-order valence-electron chi connectivity index (χ3n) is 4.41. The Morgan fingerprint density at radius 1 is 1.10 bits per heavy atom. The summed E-state index contributed by atoms with van der Waals surface area (Å²) in [5.41, 5.74) is 1.34. The molecule has 0 spiro atoms. The molecular weight excluding hydrogens is 438 g/mol. The van der Waals surface area contributed by atoms with Crippen LogP contribution in [0.4, 0.5) is 5.69 Å². The lowest BCUT2D eigenvalue weighted by atomic mass is 10.2. The van der Waals surface area contributed by atoms with Gasteiger partial charge in [-0.3, -0.25) is 9.59 Å². The number of hydrogen-bond acceptors (Lipinski definition) is 8. The van der Waals surface area contributed by atoms with Gasteiger partial charge in [-0.1, -0.05) is 6.07 Å². The molecular formula is C20H19N5O4S2. The number of nitrogens with zero attached hydrogens (tertiary/aromatic N) is 3. The van der Waals surface area contributed by atoms with Crippen LogP contribution >= 0.6 is 22.7 Å². The van der Waals surface area contributed by atoms with Crippen molar-refractivity contribution in [2.75, 3.05) is 26.1 Å². The molecule has 0 bridgehead atoms. The van der Waals surface area contributed by atoms with Crippen molar-refractivity contribution in [2.45, 2.75) is 6.42 Å². The molecule has 31 heavy (non-hydrogen) atoms. The van der Waals surface area contributed by atoms with E-state index in [0.29, 0.717) is 29.4 Å².